The van der Waals surface area contributed by atoms with Gasteiger partial charge in [-0.2, -0.15) is 0 Å². The first-order chi connectivity index (χ1) is 14.4. The summed E-state index contributed by atoms with van der Waals surface area (Å²) in [5, 5.41) is 1.54. The van der Waals surface area contributed by atoms with Crippen molar-refractivity contribution in [3.8, 4) is 0 Å². The largest absolute Gasteiger partial charge is 0.302 e. The lowest BCUT2D eigenvalue weighted by Gasteiger charge is -2.30. The predicted octanol–water partition coefficient (Wildman–Crippen LogP) is 7.11. The molecule has 2 heterocycles. The maximum Gasteiger partial charge on any atom is 0.136 e. The highest BCUT2D eigenvalue weighted by Gasteiger charge is 2.25. The van der Waals surface area contributed by atoms with Crippen LogP contribution in [0.3, 0.4) is 0 Å². The Kier molecular flexibility index (Phi) is 6.94. The van der Waals surface area contributed by atoms with E-state index in [0.717, 1.165) is 48.3 Å². The van der Waals surface area contributed by atoms with Crippen molar-refractivity contribution in [3.63, 3.8) is 0 Å². The highest BCUT2D eigenvalue weighted by atomic mass is 35.5. The van der Waals surface area contributed by atoms with Gasteiger partial charge in [0.15, 0.2) is 0 Å². The molecule has 2 aromatic carbocycles. The summed E-state index contributed by atoms with van der Waals surface area (Å²) in [6.07, 6.45) is 2.67. The zero-order valence-electron chi connectivity index (χ0n) is 17.5. The number of hydrogen-bond donors (Lipinski definition) is 0. The molecule has 0 saturated carbocycles. The summed E-state index contributed by atoms with van der Waals surface area (Å²) < 4.78 is 0. The molecule has 2 aromatic rings. The van der Waals surface area contributed by atoms with Crippen molar-refractivity contribution in [3.05, 3.63) is 68.7 Å². The molecule has 1 saturated heterocycles. The molecule has 0 N–H and O–H groups in total. The van der Waals surface area contributed by atoms with Crippen LogP contribution in [-0.4, -0.2) is 30.3 Å². The molecule has 0 radical (unpaired) electrons. The van der Waals surface area contributed by atoms with Crippen LogP contribution < -0.4 is 0 Å². The SMILES string of the molecule is CC(C)C(=O)CCN1CCC(=C2c3cc(Cl)ccc3CSc3ccc(Cl)cc32)CC1. The fourth-order valence-electron chi connectivity index (χ4n) is 4.27. The van der Waals surface area contributed by atoms with Crippen molar-refractivity contribution >= 4 is 46.3 Å². The van der Waals surface area contributed by atoms with Gasteiger partial charge in [0.2, 0.25) is 0 Å². The summed E-state index contributed by atoms with van der Waals surface area (Å²) in [6.45, 7) is 6.80. The number of fused-ring (bicyclic) bond motifs is 2. The number of thioether (sulfide) groups is 1. The van der Waals surface area contributed by atoms with E-state index in [1.165, 1.54) is 32.7 Å². The van der Waals surface area contributed by atoms with Crippen LogP contribution in [-0.2, 0) is 10.5 Å². The van der Waals surface area contributed by atoms with Gasteiger partial charge in [0.25, 0.3) is 0 Å². The normalized spacial score (nSPS) is 17.0. The first-order valence-corrected chi connectivity index (χ1v) is 12.3. The number of piperidine rings is 1. The molecular formula is C25H27Cl2NOS. The molecule has 2 aliphatic rings. The van der Waals surface area contributed by atoms with Crippen LogP contribution in [0, 0.1) is 5.92 Å². The zero-order chi connectivity index (χ0) is 21.3. The van der Waals surface area contributed by atoms with E-state index in [4.69, 9.17) is 23.2 Å². The molecule has 0 aromatic heterocycles. The molecule has 2 nitrogen and oxygen atoms in total. The van der Waals surface area contributed by atoms with Crippen LogP contribution >= 0.6 is 35.0 Å². The van der Waals surface area contributed by atoms with E-state index in [9.17, 15) is 4.79 Å². The third-order valence-corrected chi connectivity index (χ3v) is 7.66. The minimum Gasteiger partial charge on any atom is -0.302 e. The van der Waals surface area contributed by atoms with Crippen LogP contribution in [0.4, 0.5) is 0 Å². The monoisotopic (exact) mass is 459 g/mol. The topological polar surface area (TPSA) is 20.3 Å². The van der Waals surface area contributed by atoms with Crippen molar-refractivity contribution in [2.75, 3.05) is 19.6 Å². The molecule has 4 rings (SSSR count). The van der Waals surface area contributed by atoms with Crippen molar-refractivity contribution in [1.82, 2.24) is 4.90 Å². The maximum absolute atomic E-state index is 12.0. The Morgan fingerprint density at radius 2 is 1.70 bits per heavy atom. The van der Waals surface area contributed by atoms with E-state index in [-0.39, 0.29) is 5.92 Å². The Bertz CT molecular complexity index is 933. The fourth-order valence-corrected chi connectivity index (χ4v) is 5.65. The van der Waals surface area contributed by atoms with Gasteiger partial charge in [-0.1, -0.05) is 48.7 Å². The Balaban J connectivity index is 1.66. The number of benzene rings is 2. The van der Waals surface area contributed by atoms with Gasteiger partial charge in [0.1, 0.15) is 5.78 Å². The second kappa shape index (κ2) is 9.48. The maximum atomic E-state index is 12.0. The third-order valence-electron chi connectivity index (χ3n) is 6.07. The summed E-state index contributed by atoms with van der Waals surface area (Å²) in [5.41, 5.74) is 6.58. The van der Waals surface area contributed by atoms with Crippen molar-refractivity contribution in [2.24, 2.45) is 5.92 Å². The van der Waals surface area contributed by atoms with Gasteiger partial charge in [0.05, 0.1) is 0 Å². The summed E-state index contributed by atoms with van der Waals surface area (Å²) >= 11 is 14.7. The van der Waals surface area contributed by atoms with Crippen LogP contribution in [0.5, 0.6) is 0 Å². The molecule has 0 unspecified atom stereocenters. The van der Waals surface area contributed by atoms with Gasteiger partial charge >= 0.3 is 0 Å². The van der Waals surface area contributed by atoms with Crippen molar-refractivity contribution in [1.29, 1.82) is 0 Å². The van der Waals surface area contributed by atoms with Crippen LogP contribution in [0.2, 0.25) is 10.0 Å². The molecule has 0 atom stereocenters. The number of carbonyl (C=O) groups excluding carboxylic acids is 1. The number of halogens is 2. The summed E-state index contributed by atoms with van der Waals surface area (Å²) in [7, 11) is 0. The molecule has 5 heteroatoms. The third kappa shape index (κ3) is 4.80. The molecular weight excluding hydrogens is 433 g/mol. The standard InChI is InChI=1S/C25H27Cl2NOS/c1-16(2)23(29)9-12-28-10-7-17(8-11-28)25-21-13-19(26)4-3-18(21)15-30-24-6-5-20(27)14-22(24)25/h3-6,13-14,16H,7-12,15H2,1-2H3. The van der Waals surface area contributed by atoms with Crippen LogP contribution in [0.25, 0.3) is 5.57 Å². The average Bonchev–Trinajstić information content (AvgIpc) is 2.88. The molecule has 2 aliphatic heterocycles. The molecule has 0 bridgehead atoms. The lowest BCUT2D eigenvalue weighted by atomic mass is 9.86. The molecule has 158 valence electrons. The van der Waals surface area contributed by atoms with Crippen molar-refractivity contribution < 1.29 is 4.79 Å². The summed E-state index contributed by atoms with van der Waals surface area (Å²) in [6, 6.07) is 12.5. The van der Waals surface area contributed by atoms with E-state index in [0.29, 0.717) is 12.2 Å². The fraction of sp³-hybridized carbons (Fsp3) is 0.400. The predicted molar refractivity (Wildman–Crippen MR) is 129 cm³/mol. The number of Topliss-reactive ketones (excluding diaryl/α,β-unsaturated/α-hetero) is 1. The van der Waals surface area contributed by atoms with E-state index >= 15 is 0 Å². The van der Waals surface area contributed by atoms with Gasteiger partial charge in [-0.3, -0.25) is 4.79 Å². The van der Waals surface area contributed by atoms with Gasteiger partial charge in [-0.25, -0.2) is 0 Å². The highest BCUT2D eigenvalue weighted by molar-refractivity contribution is 7.98. The van der Waals surface area contributed by atoms with Gasteiger partial charge in [-0.05, 0) is 65.4 Å². The number of nitrogens with zero attached hydrogens (tertiary/aromatic N) is 1. The lowest BCUT2D eigenvalue weighted by Crippen LogP contribution is -2.33. The highest BCUT2D eigenvalue weighted by Crippen LogP contribution is 2.44. The number of carbonyl (C=O) groups is 1. The smallest absolute Gasteiger partial charge is 0.136 e. The number of likely N-dealkylation sites (tertiary alicyclic amines) is 1. The van der Waals surface area contributed by atoms with E-state index < -0.39 is 0 Å². The number of ketones is 1. The zero-order valence-corrected chi connectivity index (χ0v) is 19.8. The Labute approximate surface area is 193 Å². The second-order valence-electron chi connectivity index (χ2n) is 8.42. The first kappa shape index (κ1) is 22.0. The Morgan fingerprint density at radius 3 is 2.40 bits per heavy atom. The molecule has 0 spiro atoms. The van der Waals surface area contributed by atoms with E-state index in [2.05, 4.69) is 29.2 Å². The Hall–Kier alpha value is -1.26. The minimum atomic E-state index is 0.124. The quantitative estimate of drug-likeness (QED) is 0.485. The molecule has 0 aliphatic carbocycles. The number of rotatable bonds is 4. The van der Waals surface area contributed by atoms with E-state index in [1.807, 2.05) is 37.7 Å². The van der Waals surface area contributed by atoms with Crippen molar-refractivity contribution in [2.45, 2.75) is 43.8 Å². The molecule has 0 amide bonds. The first-order valence-electron chi connectivity index (χ1n) is 10.6. The minimum absolute atomic E-state index is 0.124. The second-order valence-corrected chi connectivity index (χ2v) is 10.3. The average molecular weight is 460 g/mol. The number of hydrogen-bond acceptors (Lipinski definition) is 3. The van der Waals surface area contributed by atoms with Gasteiger partial charge in [-0.15, -0.1) is 11.8 Å². The van der Waals surface area contributed by atoms with Crippen LogP contribution in [0.1, 0.15) is 49.8 Å². The summed E-state index contributed by atoms with van der Waals surface area (Å²) in [5.74, 6) is 1.41. The van der Waals surface area contributed by atoms with Gasteiger partial charge in [0, 0.05) is 52.7 Å². The lowest BCUT2D eigenvalue weighted by molar-refractivity contribution is -0.122. The Morgan fingerprint density at radius 1 is 1.03 bits per heavy atom. The van der Waals surface area contributed by atoms with Crippen LogP contribution in [0.15, 0.2) is 46.9 Å². The molecule has 30 heavy (non-hydrogen) atoms. The molecule has 1 fully saturated rings. The van der Waals surface area contributed by atoms with E-state index in [1.54, 1.807) is 0 Å². The summed E-state index contributed by atoms with van der Waals surface area (Å²) in [4.78, 5) is 15.7. The van der Waals surface area contributed by atoms with Gasteiger partial charge < -0.3 is 4.90 Å².